The molecular weight excluding hydrogens is 348 g/mol. The first-order chi connectivity index (χ1) is 13.1. The summed E-state index contributed by atoms with van der Waals surface area (Å²) in [4.78, 5) is 0. The minimum Gasteiger partial charge on any atom is -0.393 e. The maximum Gasteiger partial charge on any atom is 0.173 e. The van der Waals surface area contributed by atoms with Crippen LogP contribution in [-0.2, 0) is 9.47 Å². The Morgan fingerprint density at radius 2 is 1.43 bits per heavy atom. The average Bonchev–Trinajstić information content (AvgIpc) is 2.94. The molecule has 0 aromatic heterocycles. The molecule has 4 aliphatic carbocycles. The predicted octanol–water partition coefficient (Wildman–Crippen LogP) is 5.41. The summed E-state index contributed by atoms with van der Waals surface area (Å²) in [6.45, 7) is 13.6. The molecule has 1 saturated heterocycles. The van der Waals surface area contributed by atoms with Gasteiger partial charge in [0.1, 0.15) is 0 Å². The Morgan fingerprint density at radius 1 is 0.750 bits per heavy atom. The second kappa shape index (κ2) is 6.20. The van der Waals surface area contributed by atoms with E-state index in [-0.39, 0.29) is 22.7 Å². The van der Waals surface area contributed by atoms with Crippen LogP contribution in [0.2, 0.25) is 0 Å². The quantitative estimate of drug-likeness (QED) is 0.601. The third-order valence-electron chi connectivity index (χ3n) is 10.6. The number of hydrogen-bond donors (Lipinski definition) is 1. The van der Waals surface area contributed by atoms with Gasteiger partial charge >= 0.3 is 0 Å². The second-order valence-corrected chi connectivity index (χ2v) is 12.5. The zero-order chi connectivity index (χ0) is 19.9. The molecule has 5 rings (SSSR count). The van der Waals surface area contributed by atoms with E-state index in [0.29, 0.717) is 17.3 Å². The summed E-state index contributed by atoms with van der Waals surface area (Å²) >= 11 is 0. The van der Waals surface area contributed by atoms with Gasteiger partial charge in [-0.1, -0.05) is 34.6 Å². The van der Waals surface area contributed by atoms with E-state index in [4.69, 9.17) is 9.47 Å². The fraction of sp³-hybridized carbons (Fsp3) is 1.00. The Bertz CT molecular complexity index is 619. The van der Waals surface area contributed by atoms with Crippen LogP contribution >= 0.6 is 0 Å². The summed E-state index contributed by atoms with van der Waals surface area (Å²) < 4.78 is 13.2. The van der Waals surface area contributed by atoms with Crippen molar-refractivity contribution in [3.63, 3.8) is 0 Å². The van der Waals surface area contributed by atoms with Crippen LogP contribution in [0.5, 0.6) is 0 Å². The van der Waals surface area contributed by atoms with Crippen molar-refractivity contribution in [3.8, 4) is 0 Å². The van der Waals surface area contributed by atoms with Gasteiger partial charge in [0.2, 0.25) is 0 Å². The highest BCUT2D eigenvalue weighted by Crippen LogP contribution is 2.70. The first-order valence-electron chi connectivity index (χ1n) is 12.1. The van der Waals surface area contributed by atoms with Crippen molar-refractivity contribution < 1.29 is 14.6 Å². The lowest BCUT2D eigenvalue weighted by Gasteiger charge is -2.63. The van der Waals surface area contributed by atoms with E-state index in [2.05, 4.69) is 34.6 Å². The van der Waals surface area contributed by atoms with Gasteiger partial charge in [0, 0.05) is 17.3 Å². The Hall–Kier alpha value is -0.120. The van der Waals surface area contributed by atoms with Gasteiger partial charge in [-0.3, -0.25) is 0 Å². The Morgan fingerprint density at radius 3 is 2.14 bits per heavy atom. The summed E-state index contributed by atoms with van der Waals surface area (Å²) in [6, 6.07) is 0. The predicted molar refractivity (Wildman–Crippen MR) is 111 cm³/mol. The molecule has 5 fully saturated rings. The number of fused-ring (bicyclic) bond motifs is 6. The van der Waals surface area contributed by atoms with Gasteiger partial charge in [0.15, 0.2) is 5.79 Å². The van der Waals surface area contributed by atoms with Gasteiger partial charge in [-0.05, 0) is 80.0 Å². The van der Waals surface area contributed by atoms with Crippen LogP contribution in [0.25, 0.3) is 0 Å². The number of rotatable bonds is 0. The fourth-order valence-corrected chi connectivity index (χ4v) is 8.85. The lowest BCUT2D eigenvalue weighted by atomic mass is 9.43. The van der Waals surface area contributed by atoms with E-state index in [1.54, 1.807) is 0 Å². The first-order valence-corrected chi connectivity index (χ1v) is 12.1. The molecule has 1 spiro atoms. The molecule has 0 radical (unpaired) electrons. The van der Waals surface area contributed by atoms with Gasteiger partial charge in [-0.25, -0.2) is 0 Å². The molecule has 28 heavy (non-hydrogen) atoms. The molecule has 4 saturated carbocycles. The molecule has 1 N–H and O–H groups in total. The topological polar surface area (TPSA) is 38.7 Å². The van der Waals surface area contributed by atoms with E-state index in [0.717, 1.165) is 43.8 Å². The lowest BCUT2D eigenvalue weighted by Crippen LogP contribution is -2.61. The highest BCUT2D eigenvalue weighted by molar-refractivity contribution is 5.13. The highest BCUT2D eigenvalue weighted by atomic mass is 16.7. The standard InChI is InChI=1S/C25H42O3/c1-16-18-7-6-17-19(23(18,4)11-10-21(16)26)8-12-24(5)20(17)9-13-25(24)27-14-22(2,3)15-28-25/h16-21,26H,6-15H2,1-5H3/t16-,17-,18+,19+,20+,21-,23+,24+/m1/s1. The molecule has 160 valence electrons. The van der Waals surface area contributed by atoms with Gasteiger partial charge in [0.25, 0.3) is 0 Å². The van der Waals surface area contributed by atoms with Crippen molar-refractivity contribution in [2.75, 3.05) is 13.2 Å². The summed E-state index contributed by atoms with van der Waals surface area (Å²) in [5.41, 5.74) is 0.740. The summed E-state index contributed by atoms with van der Waals surface area (Å²) in [7, 11) is 0. The highest BCUT2D eigenvalue weighted by Gasteiger charge is 2.67. The lowest BCUT2D eigenvalue weighted by molar-refractivity contribution is -0.348. The number of ether oxygens (including phenoxy) is 2. The Kier molecular flexibility index (Phi) is 4.39. The zero-order valence-electron chi connectivity index (χ0n) is 18.8. The molecule has 0 aromatic rings. The number of aliphatic hydroxyl groups is 1. The van der Waals surface area contributed by atoms with Crippen LogP contribution in [-0.4, -0.2) is 30.2 Å². The van der Waals surface area contributed by atoms with E-state index in [9.17, 15) is 5.11 Å². The van der Waals surface area contributed by atoms with E-state index < -0.39 is 0 Å². The van der Waals surface area contributed by atoms with Crippen molar-refractivity contribution in [3.05, 3.63) is 0 Å². The summed E-state index contributed by atoms with van der Waals surface area (Å²) in [6.07, 6.45) is 9.74. The van der Waals surface area contributed by atoms with Gasteiger partial charge in [0.05, 0.1) is 19.3 Å². The van der Waals surface area contributed by atoms with Crippen LogP contribution in [0.15, 0.2) is 0 Å². The summed E-state index contributed by atoms with van der Waals surface area (Å²) in [5.74, 6) is 3.24. The smallest absolute Gasteiger partial charge is 0.173 e. The molecule has 0 aromatic carbocycles. The monoisotopic (exact) mass is 390 g/mol. The van der Waals surface area contributed by atoms with E-state index in [1.165, 1.54) is 38.5 Å². The number of hydrogen-bond acceptors (Lipinski definition) is 3. The largest absolute Gasteiger partial charge is 0.393 e. The molecule has 0 bridgehead atoms. The zero-order valence-corrected chi connectivity index (χ0v) is 18.8. The molecule has 1 aliphatic heterocycles. The number of aliphatic hydroxyl groups excluding tert-OH is 1. The molecule has 5 aliphatic rings. The van der Waals surface area contributed by atoms with Gasteiger partial charge in [-0.2, -0.15) is 0 Å². The Labute approximate surface area is 171 Å². The van der Waals surface area contributed by atoms with Crippen molar-refractivity contribution >= 4 is 0 Å². The summed E-state index contributed by atoms with van der Waals surface area (Å²) in [5, 5.41) is 10.5. The molecule has 3 nitrogen and oxygen atoms in total. The van der Waals surface area contributed by atoms with E-state index in [1.807, 2.05) is 0 Å². The van der Waals surface area contributed by atoms with Crippen molar-refractivity contribution in [2.45, 2.75) is 97.9 Å². The minimum absolute atomic E-state index is 0.0781. The van der Waals surface area contributed by atoms with Crippen LogP contribution in [0.1, 0.15) is 86.0 Å². The van der Waals surface area contributed by atoms with Crippen LogP contribution in [0.4, 0.5) is 0 Å². The maximum absolute atomic E-state index is 10.5. The van der Waals surface area contributed by atoms with Crippen LogP contribution in [0, 0.1) is 45.8 Å². The van der Waals surface area contributed by atoms with Crippen molar-refractivity contribution in [1.29, 1.82) is 0 Å². The molecule has 0 unspecified atom stereocenters. The third-order valence-corrected chi connectivity index (χ3v) is 10.6. The Balaban J connectivity index is 1.41. The van der Waals surface area contributed by atoms with Gasteiger partial charge in [-0.15, -0.1) is 0 Å². The normalized spacial score (nSPS) is 54.6. The SMILES string of the molecule is C[C@H]1[C@H](O)CC[C@@]2(C)[C@H]1CC[C@@H]1[C@@H]2CC[C@@]2(C)[C@H]1CCC21OCC(C)(C)CO1. The molecule has 1 heterocycles. The second-order valence-electron chi connectivity index (χ2n) is 12.5. The maximum atomic E-state index is 10.5. The van der Waals surface area contributed by atoms with Gasteiger partial charge < -0.3 is 14.6 Å². The average molecular weight is 391 g/mol. The van der Waals surface area contributed by atoms with Crippen molar-refractivity contribution in [1.82, 2.24) is 0 Å². The molecule has 8 atom stereocenters. The van der Waals surface area contributed by atoms with E-state index >= 15 is 0 Å². The van der Waals surface area contributed by atoms with Crippen molar-refractivity contribution in [2.24, 2.45) is 45.8 Å². The fourth-order valence-electron chi connectivity index (χ4n) is 8.85. The molecular formula is C25H42O3. The van der Waals surface area contributed by atoms with Crippen LogP contribution < -0.4 is 0 Å². The first kappa shape index (κ1) is 19.8. The molecule has 3 heteroatoms. The molecule has 0 amide bonds. The van der Waals surface area contributed by atoms with Crippen LogP contribution in [0.3, 0.4) is 0 Å². The minimum atomic E-state index is -0.327. The third kappa shape index (κ3) is 2.51.